The molecule has 0 saturated heterocycles. The molecule has 4 amide bonds. The number of halogens is 1. The van der Waals surface area contributed by atoms with Crippen molar-refractivity contribution in [2.45, 2.75) is 32.5 Å². The van der Waals surface area contributed by atoms with Crippen molar-refractivity contribution < 1.29 is 14.4 Å². The molecule has 0 fully saturated rings. The molecule has 0 aromatic heterocycles. The number of nitrogens with one attached hydrogen (secondary N) is 3. The SMILES string of the molecule is CNC(=O)N1C[C@H](NC(=O)[C@H](C)NC)C(=O)N(Cc2c(C)ccc3ccccc23)c2ccccc21.Cl. The number of nitrogens with zero attached hydrogens (tertiary/aromatic N) is 2. The minimum atomic E-state index is -0.918. The van der Waals surface area contributed by atoms with Gasteiger partial charge in [0.2, 0.25) is 5.91 Å². The number of fused-ring (bicyclic) bond motifs is 2. The van der Waals surface area contributed by atoms with Crippen LogP contribution in [0.15, 0.2) is 60.7 Å². The number of para-hydroxylation sites is 2. The summed E-state index contributed by atoms with van der Waals surface area (Å²) in [6.07, 6.45) is 0. The molecule has 2 atom stereocenters. The first-order valence-electron chi connectivity index (χ1n) is 11.7. The maximum atomic E-state index is 14.0. The van der Waals surface area contributed by atoms with Crippen LogP contribution in [0.25, 0.3) is 10.8 Å². The Morgan fingerprint density at radius 3 is 2.36 bits per heavy atom. The number of likely N-dealkylation sites (N-methyl/N-ethyl adjacent to an activating group) is 1. The molecule has 1 heterocycles. The third kappa shape index (κ3) is 5.15. The Balaban J connectivity index is 0.00000361. The molecular weight excluding hydrogens is 478 g/mol. The summed E-state index contributed by atoms with van der Waals surface area (Å²) in [5.41, 5.74) is 3.31. The van der Waals surface area contributed by atoms with Gasteiger partial charge in [0.15, 0.2) is 0 Å². The summed E-state index contributed by atoms with van der Waals surface area (Å²) in [4.78, 5) is 42.8. The molecule has 0 saturated carbocycles. The summed E-state index contributed by atoms with van der Waals surface area (Å²) in [5.74, 6) is -0.581. The van der Waals surface area contributed by atoms with E-state index in [0.29, 0.717) is 17.9 Å². The minimum Gasteiger partial charge on any atom is -0.341 e. The second-order valence-electron chi connectivity index (χ2n) is 8.73. The van der Waals surface area contributed by atoms with Crippen LogP contribution < -0.4 is 25.8 Å². The summed E-state index contributed by atoms with van der Waals surface area (Å²) in [6.45, 7) is 4.07. The Morgan fingerprint density at radius 2 is 1.67 bits per heavy atom. The fraction of sp³-hybridized carbons (Fsp3) is 0.296. The van der Waals surface area contributed by atoms with Gasteiger partial charge in [0.25, 0.3) is 5.91 Å². The van der Waals surface area contributed by atoms with Gasteiger partial charge >= 0.3 is 6.03 Å². The lowest BCUT2D eigenvalue weighted by molar-refractivity contribution is -0.128. The van der Waals surface area contributed by atoms with E-state index in [1.54, 1.807) is 25.9 Å². The van der Waals surface area contributed by atoms with E-state index < -0.39 is 12.1 Å². The normalized spacial score (nSPS) is 16.0. The van der Waals surface area contributed by atoms with E-state index in [1.807, 2.05) is 49.4 Å². The van der Waals surface area contributed by atoms with Gasteiger partial charge < -0.3 is 20.9 Å². The second kappa shape index (κ2) is 11.4. The molecule has 1 aliphatic heterocycles. The molecule has 0 aliphatic carbocycles. The van der Waals surface area contributed by atoms with E-state index in [2.05, 4.69) is 34.1 Å². The van der Waals surface area contributed by atoms with Crippen molar-refractivity contribution in [2.24, 2.45) is 0 Å². The highest BCUT2D eigenvalue weighted by atomic mass is 35.5. The molecule has 3 N–H and O–H groups in total. The van der Waals surface area contributed by atoms with Gasteiger partial charge in [0.1, 0.15) is 6.04 Å². The van der Waals surface area contributed by atoms with Crippen molar-refractivity contribution >= 4 is 52.4 Å². The number of benzene rings is 3. The quantitative estimate of drug-likeness (QED) is 0.491. The van der Waals surface area contributed by atoms with Crippen LogP contribution in [0.3, 0.4) is 0 Å². The molecule has 9 heteroatoms. The first-order chi connectivity index (χ1) is 16.8. The van der Waals surface area contributed by atoms with Crippen molar-refractivity contribution in [2.75, 3.05) is 30.4 Å². The number of anilines is 2. The lowest BCUT2D eigenvalue weighted by Crippen LogP contribution is -2.56. The van der Waals surface area contributed by atoms with Gasteiger partial charge in [-0.1, -0.05) is 48.5 Å². The summed E-state index contributed by atoms with van der Waals surface area (Å²) in [5, 5.41) is 10.6. The third-order valence-electron chi connectivity index (χ3n) is 6.59. The first kappa shape index (κ1) is 27.0. The molecule has 0 spiro atoms. The molecule has 8 nitrogen and oxygen atoms in total. The molecule has 4 rings (SSSR count). The molecule has 36 heavy (non-hydrogen) atoms. The monoisotopic (exact) mass is 509 g/mol. The van der Waals surface area contributed by atoms with E-state index in [-0.39, 0.29) is 36.8 Å². The third-order valence-corrected chi connectivity index (χ3v) is 6.59. The van der Waals surface area contributed by atoms with Crippen LogP contribution in [0, 0.1) is 6.92 Å². The zero-order valence-electron chi connectivity index (χ0n) is 20.9. The highest BCUT2D eigenvalue weighted by Gasteiger charge is 2.37. The average Bonchev–Trinajstić information content (AvgIpc) is 2.99. The molecule has 3 aromatic rings. The Hall–Kier alpha value is -3.62. The smallest absolute Gasteiger partial charge is 0.321 e. The summed E-state index contributed by atoms with van der Waals surface area (Å²) in [6, 6.07) is 17.8. The van der Waals surface area contributed by atoms with Crippen LogP contribution >= 0.6 is 12.4 Å². The number of hydrogen-bond acceptors (Lipinski definition) is 4. The number of urea groups is 1. The maximum absolute atomic E-state index is 14.0. The van der Waals surface area contributed by atoms with Crippen LogP contribution in [0.1, 0.15) is 18.1 Å². The topological polar surface area (TPSA) is 93.8 Å². The van der Waals surface area contributed by atoms with Crippen molar-refractivity contribution in [3.8, 4) is 0 Å². The van der Waals surface area contributed by atoms with Gasteiger partial charge in [-0.2, -0.15) is 0 Å². The van der Waals surface area contributed by atoms with Crippen LogP contribution in [0.5, 0.6) is 0 Å². The van der Waals surface area contributed by atoms with E-state index in [1.165, 1.54) is 4.90 Å². The minimum absolute atomic E-state index is 0. The van der Waals surface area contributed by atoms with E-state index in [9.17, 15) is 14.4 Å². The Kier molecular flexibility index (Phi) is 8.55. The molecule has 190 valence electrons. The highest BCUT2D eigenvalue weighted by Crippen LogP contribution is 2.35. The Bertz CT molecular complexity index is 1280. The van der Waals surface area contributed by atoms with Crippen LogP contribution in [0.2, 0.25) is 0 Å². The van der Waals surface area contributed by atoms with E-state index in [4.69, 9.17) is 0 Å². The molecular formula is C27H32ClN5O3. The number of hydrogen-bond donors (Lipinski definition) is 3. The average molecular weight is 510 g/mol. The zero-order valence-corrected chi connectivity index (χ0v) is 21.7. The lowest BCUT2D eigenvalue weighted by Gasteiger charge is -2.27. The predicted octanol–water partition coefficient (Wildman–Crippen LogP) is 3.36. The van der Waals surface area contributed by atoms with Gasteiger partial charge in [-0.3, -0.25) is 14.5 Å². The van der Waals surface area contributed by atoms with Crippen LogP contribution in [0.4, 0.5) is 16.2 Å². The molecule has 0 unspecified atom stereocenters. The van der Waals surface area contributed by atoms with Crippen molar-refractivity contribution in [3.05, 3.63) is 71.8 Å². The van der Waals surface area contributed by atoms with Crippen molar-refractivity contribution in [1.29, 1.82) is 0 Å². The summed E-state index contributed by atoms with van der Waals surface area (Å²) in [7, 11) is 3.23. The van der Waals surface area contributed by atoms with Gasteiger partial charge in [0, 0.05) is 7.05 Å². The number of aryl methyl sites for hydroxylation is 1. The summed E-state index contributed by atoms with van der Waals surface area (Å²) < 4.78 is 0. The molecule has 3 aromatic carbocycles. The van der Waals surface area contributed by atoms with Crippen molar-refractivity contribution in [3.63, 3.8) is 0 Å². The van der Waals surface area contributed by atoms with Gasteiger partial charge in [-0.25, -0.2) is 4.79 Å². The number of carbonyl (C=O) groups is 3. The predicted molar refractivity (Wildman–Crippen MR) is 146 cm³/mol. The van der Waals surface area contributed by atoms with Crippen LogP contribution in [-0.2, 0) is 16.1 Å². The molecule has 0 radical (unpaired) electrons. The standard InChI is InChI=1S/C27H31N5O3.ClH/c1-17-13-14-19-9-5-6-10-20(19)21(17)15-31-23-11-7-8-12-24(23)32(27(35)29-4)16-22(26(31)34)30-25(33)18(2)28-3;/h5-14,18,22,28H,15-16H2,1-4H3,(H,29,35)(H,30,33);1H/t18-,22-;/m0./s1. The molecule has 1 aliphatic rings. The van der Waals surface area contributed by atoms with Crippen LogP contribution in [-0.4, -0.2) is 50.6 Å². The Labute approximate surface area is 217 Å². The van der Waals surface area contributed by atoms with Crippen molar-refractivity contribution in [1.82, 2.24) is 16.0 Å². The van der Waals surface area contributed by atoms with Gasteiger partial charge in [-0.05, 0) is 54.9 Å². The zero-order chi connectivity index (χ0) is 25.1. The van der Waals surface area contributed by atoms with E-state index in [0.717, 1.165) is 21.9 Å². The fourth-order valence-electron chi connectivity index (χ4n) is 4.43. The fourth-order valence-corrected chi connectivity index (χ4v) is 4.43. The van der Waals surface area contributed by atoms with E-state index >= 15 is 0 Å². The van der Waals surface area contributed by atoms with Gasteiger partial charge in [-0.15, -0.1) is 12.4 Å². The number of rotatable bonds is 5. The highest BCUT2D eigenvalue weighted by molar-refractivity contribution is 6.08. The Morgan fingerprint density at radius 1 is 1.00 bits per heavy atom. The second-order valence-corrected chi connectivity index (χ2v) is 8.73. The number of carbonyl (C=O) groups excluding carboxylic acids is 3. The molecule has 0 bridgehead atoms. The first-order valence-corrected chi connectivity index (χ1v) is 11.7. The number of amides is 4. The lowest BCUT2D eigenvalue weighted by atomic mass is 9.99. The van der Waals surface area contributed by atoms with Gasteiger partial charge in [0.05, 0.1) is 30.5 Å². The summed E-state index contributed by atoms with van der Waals surface area (Å²) >= 11 is 0. The maximum Gasteiger partial charge on any atom is 0.321 e. The largest absolute Gasteiger partial charge is 0.341 e.